The summed E-state index contributed by atoms with van der Waals surface area (Å²) in [5, 5.41) is 3.22. The minimum atomic E-state index is 0.124. The molecule has 0 fully saturated rings. The Kier molecular flexibility index (Phi) is 5.48. The topological polar surface area (TPSA) is 37.3 Å². The fourth-order valence-corrected chi connectivity index (χ4v) is 2.79. The Bertz CT molecular complexity index is 667. The van der Waals surface area contributed by atoms with Crippen molar-refractivity contribution in [1.82, 2.24) is 4.57 Å². The van der Waals surface area contributed by atoms with E-state index in [4.69, 9.17) is 0 Å². The summed E-state index contributed by atoms with van der Waals surface area (Å²) < 4.78 is 2.05. The average Bonchev–Trinajstić information content (AvgIpc) is 2.82. The molecule has 0 aliphatic carbocycles. The van der Waals surface area contributed by atoms with Gasteiger partial charge in [-0.25, -0.2) is 0 Å². The van der Waals surface area contributed by atoms with Crippen LogP contribution in [0.3, 0.4) is 0 Å². The van der Waals surface area contributed by atoms with Crippen LogP contribution in [0.5, 0.6) is 0 Å². The maximum absolute atomic E-state index is 12.4. The first-order valence-corrected chi connectivity index (χ1v) is 8.22. The fraction of sp³-hybridized carbons (Fsp3) is 0.421. The third-order valence-electron chi connectivity index (χ3n) is 4.52. The lowest BCUT2D eigenvalue weighted by molar-refractivity contribution is 0.101. The predicted molar refractivity (Wildman–Crippen MR) is 97.7 cm³/mol. The summed E-state index contributed by atoms with van der Waals surface area (Å²) in [4.78, 5) is 14.7. The fourth-order valence-electron chi connectivity index (χ4n) is 2.79. The molecular formula is C19H27N3O. The molecule has 0 radical (unpaired) electrons. The Morgan fingerprint density at radius 3 is 2.22 bits per heavy atom. The molecule has 1 aromatic heterocycles. The maximum atomic E-state index is 12.4. The van der Waals surface area contributed by atoms with E-state index < -0.39 is 0 Å². The summed E-state index contributed by atoms with van der Waals surface area (Å²) in [6.07, 6.45) is 0. The molecule has 4 nitrogen and oxygen atoms in total. The van der Waals surface area contributed by atoms with Crippen molar-refractivity contribution >= 4 is 17.2 Å². The Balaban J connectivity index is 2.00. The number of anilines is 2. The van der Waals surface area contributed by atoms with Crippen molar-refractivity contribution in [3.05, 3.63) is 47.3 Å². The summed E-state index contributed by atoms with van der Waals surface area (Å²) in [6, 6.07) is 10.2. The van der Waals surface area contributed by atoms with Crippen molar-refractivity contribution < 1.29 is 4.79 Å². The van der Waals surface area contributed by atoms with Crippen molar-refractivity contribution in [2.45, 2.75) is 27.7 Å². The highest BCUT2D eigenvalue weighted by molar-refractivity contribution is 6.00. The van der Waals surface area contributed by atoms with E-state index in [2.05, 4.69) is 36.2 Å². The molecule has 0 unspecified atom stereocenters. The minimum Gasteiger partial charge on any atom is -0.378 e. The standard InChI is InChI=1S/C19H27N3O/c1-6-22(7-2)17-10-8-16(9-11-17)20-13-19(23)18-12-14(3)21(5)15(18)4/h8-12,20H,6-7,13H2,1-5H3. The van der Waals surface area contributed by atoms with Gasteiger partial charge in [0.1, 0.15) is 0 Å². The van der Waals surface area contributed by atoms with Gasteiger partial charge in [-0.3, -0.25) is 4.79 Å². The summed E-state index contributed by atoms with van der Waals surface area (Å²) >= 11 is 0. The Hall–Kier alpha value is -2.23. The number of carbonyl (C=O) groups excluding carboxylic acids is 1. The molecule has 0 amide bonds. The Labute approximate surface area is 139 Å². The molecule has 0 aliphatic heterocycles. The molecule has 124 valence electrons. The number of hydrogen-bond acceptors (Lipinski definition) is 3. The number of benzene rings is 1. The molecule has 0 aliphatic rings. The number of nitrogens with one attached hydrogen (secondary N) is 1. The van der Waals surface area contributed by atoms with E-state index in [1.54, 1.807) is 0 Å². The van der Waals surface area contributed by atoms with Crippen LogP contribution in [0.15, 0.2) is 30.3 Å². The van der Waals surface area contributed by atoms with Gasteiger partial charge in [-0.15, -0.1) is 0 Å². The second kappa shape index (κ2) is 7.36. The van der Waals surface area contributed by atoms with E-state index in [-0.39, 0.29) is 5.78 Å². The normalized spacial score (nSPS) is 10.7. The number of carbonyl (C=O) groups is 1. The van der Waals surface area contributed by atoms with Crippen LogP contribution in [0.2, 0.25) is 0 Å². The van der Waals surface area contributed by atoms with Crippen LogP contribution >= 0.6 is 0 Å². The zero-order valence-corrected chi connectivity index (χ0v) is 14.8. The summed E-state index contributed by atoms with van der Waals surface area (Å²) in [7, 11) is 1.99. The molecule has 0 saturated carbocycles. The van der Waals surface area contributed by atoms with Gasteiger partial charge in [0, 0.05) is 48.5 Å². The lowest BCUT2D eigenvalue weighted by Gasteiger charge is -2.21. The van der Waals surface area contributed by atoms with Crippen LogP contribution in [0.1, 0.15) is 35.6 Å². The number of Topliss-reactive ketones (excluding diaryl/α,β-unsaturated/α-hetero) is 1. The monoisotopic (exact) mass is 313 g/mol. The number of aromatic nitrogens is 1. The minimum absolute atomic E-state index is 0.124. The van der Waals surface area contributed by atoms with Gasteiger partial charge in [-0.2, -0.15) is 0 Å². The van der Waals surface area contributed by atoms with Crippen molar-refractivity contribution in [2.24, 2.45) is 7.05 Å². The zero-order valence-electron chi connectivity index (χ0n) is 14.8. The zero-order chi connectivity index (χ0) is 17.0. The van der Waals surface area contributed by atoms with Crippen LogP contribution in [0, 0.1) is 13.8 Å². The number of aryl methyl sites for hydroxylation is 1. The van der Waals surface area contributed by atoms with E-state index in [0.717, 1.165) is 35.7 Å². The molecular weight excluding hydrogens is 286 g/mol. The number of rotatable bonds is 7. The van der Waals surface area contributed by atoms with Gasteiger partial charge in [0.25, 0.3) is 0 Å². The molecule has 23 heavy (non-hydrogen) atoms. The van der Waals surface area contributed by atoms with Gasteiger partial charge < -0.3 is 14.8 Å². The summed E-state index contributed by atoms with van der Waals surface area (Å²) in [5.74, 6) is 0.124. The molecule has 1 aromatic carbocycles. The molecule has 1 heterocycles. The second-order valence-corrected chi connectivity index (χ2v) is 5.84. The van der Waals surface area contributed by atoms with Gasteiger partial charge in [0.05, 0.1) is 6.54 Å². The van der Waals surface area contributed by atoms with Crippen LogP contribution in [0.25, 0.3) is 0 Å². The lowest BCUT2D eigenvalue weighted by atomic mass is 10.1. The van der Waals surface area contributed by atoms with Crippen LogP contribution in [-0.2, 0) is 7.05 Å². The van der Waals surface area contributed by atoms with Crippen LogP contribution in [-0.4, -0.2) is 30.0 Å². The van der Waals surface area contributed by atoms with E-state index in [1.807, 2.05) is 43.7 Å². The van der Waals surface area contributed by atoms with Crippen molar-refractivity contribution in [2.75, 3.05) is 29.9 Å². The largest absolute Gasteiger partial charge is 0.378 e. The molecule has 2 aromatic rings. The highest BCUT2D eigenvalue weighted by Crippen LogP contribution is 2.18. The van der Waals surface area contributed by atoms with Gasteiger partial charge in [0.2, 0.25) is 0 Å². The van der Waals surface area contributed by atoms with E-state index in [1.165, 1.54) is 5.69 Å². The molecule has 0 bridgehead atoms. The van der Waals surface area contributed by atoms with E-state index >= 15 is 0 Å². The molecule has 1 N–H and O–H groups in total. The second-order valence-electron chi connectivity index (χ2n) is 5.84. The summed E-state index contributed by atoms with van der Waals surface area (Å²) in [6.45, 7) is 10.6. The molecule has 0 atom stereocenters. The maximum Gasteiger partial charge on any atom is 0.183 e. The molecule has 0 spiro atoms. The van der Waals surface area contributed by atoms with E-state index in [0.29, 0.717) is 6.54 Å². The lowest BCUT2D eigenvalue weighted by Crippen LogP contribution is -2.21. The highest BCUT2D eigenvalue weighted by atomic mass is 16.1. The molecule has 0 saturated heterocycles. The van der Waals surface area contributed by atoms with Gasteiger partial charge in [0.15, 0.2) is 5.78 Å². The van der Waals surface area contributed by atoms with Crippen molar-refractivity contribution in [3.8, 4) is 0 Å². The number of hydrogen-bond donors (Lipinski definition) is 1. The molecule has 2 rings (SSSR count). The van der Waals surface area contributed by atoms with Crippen molar-refractivity contribution in [1.29, 1.82) is 0 Å². The SMILES string of the molecule is CCN(CC)c1ccc(NCC(=O)c2cc(C)n(C)c2C)cc1. The summed E-state index contributed by atoms with van der Waals surface area (Å²) in [5.41, 5.74) is 5.11. The first kappa shape index (κ1) is 17.1. The number of nitrogens with zero attached hydrogens (tertiary/aromatic N) is 2. The highest BCUT2D eigenvalue weighted by Gasteiger charge is 2.13. The van der Waals surface area contributed by atoms with E-state index in [9.17, 15) is 4.79 Å². The Morgan fingerprint density at radius 2 is 1.74 bits per heavy atom. The first-order valence-electron chi connectivity index (χ1n) is 8.22. The van der Waals surface area contributed by atoms with Gasteiger partial charge >= 0.3 is 0 Å². The first-order chi connectivity index (χ1) is 11.0. The Morgan fingerprint density at radius 1 is 1.13 bits per heavy atom. The third-order valence-corrected chi connectivity index (χ3v) is 4.52. The smallest absolute Gasteiger partial charge is 0.183 e. The molecule has 4 heteroatoms. The average molecular weight is 313 g/mol. The van der Waals surface area contributed by atoms with Gasteiger partial charge in [-0.05, 0) is 58.0 Å². The van der Waals surface area contributed by atoms with Gasteiger partial charge in [-0.1, -0.05) is 0 Å². The quantitative estimate of drug-likeness (QED) is 0.790. The predicted octanol–water partition coefficient (Wildman–Crippen LogP) is 3.78. The number of ketones is 1. The van der Waals surface area contributed by atoms with Crippen LogP contribution < -0.4 is 10.2 Å². The van der Waals surface area contributed by atoms with Crippen molar-refractivity contribution in [3.63, 3.8) is 0 Å². The van der Waals surface area contributed by atoms with Crippen LogP contribution in [0.4, 0.5) is 11.4 Å². The third kappa shape index (κ3) is 3.76.